The number of hydrogen-bond acceptors (Lipinski definition) is 4. The van der Waals surface area contributed by atoms with Gasteiger partial charge in [0.1, 0.15) is 31.1 Å². The molecule has 0 fully saturated rings. The maximum atomic E-state index is 11.8. The van der Waals surface area contributed by atoms with E-state index in [1.54, 1.807) is 18.2 Å². The summed E-state index contributed by atoms with van der Waals surface area (Å²) in [4.78, 5) is 11.8. The summed E-state index contributed by atoms with van der Waals surface area (Å²) in [6.45, 7) is 1.31. The summed E-state index contributed by atoms with van der Waals surface area (Å²) in [6, 6.07) is 24.9. The zero-order valence-corrected chi connectivity index (χ0v) is 16.7. The number of benzene rings is 4. The first-order valence-corrected chi connectivity index (χ1v) is 10.1. The van der Waals surface area contributed by atoms with Crippen LogP contribution in [0.2, 0.25) is 0 Å². The standard InChI is InChI=1S/C26H20O5/c27-26(28)22-10-8-18(19-9-11-23-25(15-19)30-13-12-29-23)14-24(22)31-16-20-6-3-5-17-4-1-2-7-21(17)20/h1-11,14-15H,12-13,16H2,(H,27,28). The predicted octanol–water partition coefficient (Wildman–Crippen LogP) is 5.56. The van der Waals surface area contributed by atoms with Crippen molar-refractivity contribution in [2.24, 2.45) is 0 Å². The van der Waals surface area contributed by atoms with E-state index in [1.807, 2.05) is 60.7 Å². The number of aromatic carboxylic acids is 1. The normalized spacial score (nSPS) is 12.5. The molecule has 0 aliphatic carbocycles. The number of carboxylic acids is 1. The van der Waals surface area contributed by atoms with Crippen molar-refractivity contribution in [2.75, 3.05) is 13.2 Å². The van der Waals surface area contributed by atoms with Gasteiger partial charge >= 0.3 is 5.97 Å². The molecule has 0 spiro atoms. The molecule has 0 unspecified atom stereocenters. The van der Waals surface area contributed by atoms with Crippen molar-refractivity contribution in [1.29, 1.82) is 0 Å². The zero-order valence-electron chi connectivity index (χ0n) is 16.7. The molecule has 0 saturated heterocycles. The van der Waals surface area contributed by atoms with Crippen LogP contribution < -0.4 is 14.2 Å². The monoisotopic (exact) mass is 412 g/mol. The largest absolute Gasteiger partial charge is 0.488 e. The highest BCUT2D eigenvalue weighted by Crippen LogP contribution is 2.36. The molecule has 0 atom stereocenters. The van der Waals surface area contributed by atoms with E-state index in [4.69, 9.17) is 14.2 Å². The highest BCUT2D eigenvalue weighted by atomic mass is 16.6. The molecule has 4 aromatic carbocycles. The van der Waals surface area contributed by atoms with E-state index < -0.39 is 5.97 Å². The Labute approximate surface area is 179 Å². The summed E-state index contributed by atoms with van der Waals surface area (Å²) in [5, 5.41) is 11.8. The van der Waals surface area contributed by atoms with E-state index >= 15 is 0 Å². The van der Waals surface area contributed by atoms with Crippen LogP contribution in [0.25, 0.3) is 21.9 Å². The summed E-state index contributed by atoms with van der Waals surface area (Å²) in [7, 11) is 0. The number of carboxylic acid groups (broad SMARTS) is 1. The molecule has 0 aromatic heterocycles. The Bertz CT molecular complexity index is 1270. The van der Waals surface area contributed by atoms with Crippen molar-refractivity contribution in [3.63, 3.8) is 0 Å². The van der Waals surface area contributed by atoms with Gasteiger partial charge in [-0.15, -0.1) is 0 Å². The summed E-state index contributed by atoms with van der Waals surface area (Å²) >= 11 is 0. The Morgan fingerprint density at radius 1 is 0.839 bits per heavy atom. The fraction of sp³-hybridized carbons (Fsp3) is 0.115. The lowest BCUT2D eigenvalue weighted by atomic mass is 10.0. The first-order valence-electron chi connectivity index (χ1n) is 10.1. The zero-order chi connectivity index (χ0) is 21.2. The quantitative estimate of drug-likeness (QED) is 0.465. The Hall–Kier alpha value is -3.99. The van der Waals surface area contributed by atoms with Crippen LogP contribution in [0.5, 0.6) is 17.2 Å². The third-order valence-electron chi connectivity index (χ3n) is 5.35. The minimum atomic E-state index is -1.03. The molecule has 0 amide bonds. The topological polar surface area (TPSA) is 65.0 Å². The second-order valence-electron chi connectivity index (χ2n) is 7.30. The van der Waals surface area contributed by atoms with Crippen LogP contribution in [0.1, 0.15) is 15.9 Å². The Morgan fingerprint density at radius 3 is 2.45 bits per heavy atom. The molecule has 31 heavy (non-hydrogen) atoms. The van der Waals surface area contributed by atoms with Crippen molar-refractivity contribution >= 4 is 16.7 Å². The van der Waals surface area contributed by atoms with Gasteiger partial charge < -0.3 is 19.3 Å². The molecular formula is C26H20O5. The van der Waals surface area contributed by atoms with E-state index in [0.717, 1.165) is 27.5 Å². The number of carbonyl (C=O) groups is 1. The molecule has 5 nitrogen and oxygen atoms in total. The van der Waals surface area contributed by atoms with Crippen LogP contribution in [0, 0.1) is 0 Å². The van der Waals surface area contributed by atoms with Crippen LogP contribution in [-0.2, 0) is 6.61 Å². The Balaban J connectivity index is 1.48. The summed E-state index contributed by atoms with van der Waals surface area (Å²) < 4.78 is 17.3. The Morgan fingerprint density at radius 2 is 1.58 bits per heavy atom. The molecule has 0 bridgehead atoms. The van der Waals surface area contributed by atoms with Gasteiger partial charge in [0.15, 0.2) is 11.5 Å². The SMILES string of the molecule is O=C(O)c1ccc(-c2ccc3c(c2)OCCO3)cc1OCc1cccc2ccccc12. The van der Waals surface area contributed by atoms with Crippen LogP contribution in [0.4, 0.5) is 0 Å². The lowest BCUT2D eigenvalue weighted by Gasteiger charge is -2.19. The van der Waals surface area contributed by atoms with Gasteiger partial charge in [-0.1, -0.05) is 54.6 Å². The van der Waals surface area contributed by atoms with Gasteiger partial charge in [-0.05, 0) is 51.7 Å². The molecular weight excluding hydrogens is 392 g/mol. The summed E-state index contributed by atoms with van der Waals surface area (Å²) in [6.07, 6.45) is 0. The lowest BCUT2D eigenvalue weighted by Crippen LogP contribution is -2.15. The lowest BCUT2D eigenvalue weighted by molar-refractivity contribution is 0.0692. The molecule has 1 aliphatic heterocycles. The van der Waals surface area contributed by atoms with Gasteiger partial charge in [0, 0.05) is 0 Å². The maximum Gasteiger partial charge on any atom is 0.339 e. The van der Waals surface area contributed by atoms with Gasteiger partial charge in [0.25, 0.3) is 0 Å². The molecule has 5 rings (SSSR count). The maximum absolute atomic E-state index is 11.8. The fourth-order valence-corrected chi connectivity index (χ4v) is 3.79. The van der Waals surface area contributed by atoms with Crippen molar-refractivity contribution < 1.29 is 24.1 Å². The molecule has 0 saturated carbocycles. The van der Waals surface area contributed by atoms with Crippen LogP contribution >= 0.6 is 0 Å². The van der Waals surface area contributed by atoms with Crippen molar-refractivity contribution in [2.45, 2.75) is 6.61 Å². The van der Waals surface area contributed by atoms with Gasteiger partial charge in [0.05, 0.1) is 0 Å². The minimum Gasteiger partial charge on any atom is -0.488 e. The van der Waals surface area contributed by atoms with Crippen molar-refractivity contribution in [1.82, 2.24) is 0 Å². The van der Waals surface area contributed by atoms with Gasteiger partial charge in [-0.3, -0.25) is 0 Å². The summed E-state index contributed by atoms with van der Waals surface area (Å²) in [5.41, 5.74) is 2.87. The van der Waals surface area contributed by atoms with E-state index in [0.29, 0.717) is 30.5 Å². The van der Waals surface area contributed by atoms with Gasteiger partial charge in [0.2, 0.25) is 0 Å². The third-order valence-corrected chi connectivity index (χ3v) is 5.35. The highest BCUT2D eigenvalue weighted by Gasteiger charge is 2.16. The Kier molecular flexibility index (Phi) is 4.92. The molecule has 4 aromatic rings. The fourth-order valence-electron chi connectivity index (χ4n) is 3.79. The minimum absolute atomic E-state index is 0.126. The van der Waals surface area contributed by atoms with E-state index in [2.05, 4.69) is 0 Å². The second kappa shape index (κ2) is 8.03. The van der Waals surface area contributed by atoms with E-state index in [1.165, 1.54) is 0 Å². The average Bonchev–Trinajstić information content (AvgIpc) is 2.82. The number of fused-ring (bicyclic) bond motifs is 2. The summed E-state index contributed by atoms with van der Waals surface area (Å²) in [5.74, 6) is 0.698. The van der Waals surface area contributed by atoms with Crippen molar-refractivity contribution in [3.8, 4) is 28.4 Å². The number of ether oxygens (including phenoxy) is 3. The second-order valence-corrected chi connectivity index (χ2v) is 7.30. The van der Waals surface area contributed by atoms with Crippen molar-refractivity contribution in [3.05, 3.63) is 90.0 Å². The predicted molar refractivity (Wildman–Crippen MR) is 118 cm³/mol. The van der Waals surface area contributed by atoms with E-state index in [9.17, 15) is 9.90 Å². The first kappa shape index (κ1) is 19.0. The molecule has 0 radical (unpaired) electrons. The van der Waals surface area contributed by atoms with E-state index in [-0.39, 0.29) is 12.2 Å². The highest BCUT2D eigenvalue weighted by molar-refractivity contribution is 5.92. The molecule has 1 aliphatic rings. The number of rotatable bonds is 5. The van der Waals surface area contributed by atoms with Gasteiger partial charge in [-0.2, -0.15) is 0 Å². The molecule has 5 heteroatoms. The number of hydrogen-bond donors (Lipinski definition) is 1. The molecule has 1 N–H and O–H groups in total. The molecule has 1 heterocycles. The first-order chi connectivity index (χ1) is 15.2. The third kappa shape index (κ3) is 3.78. The molecule has 154 valence electrons. The van der Waals surface area contributed by atoms with Crippen LogP contribution in [0.3, 0.4) is 0 Å². The average molecular weight is 412 g/mol. The smallest absolute Gasteiger partial charge is 0.339 e. The van der Waals surface area contributed by atoms with Crippen LogP contribution in [-0.4, -0.2) is 24.3 Å². The van der Waals surface area contributed by atoms with Gasteiger partial charge in [-0.25, -0.2) is 4.79 Å². The van der Waals surface area contributed by atoms with Crippen LogP contribution in [0.15, 0.2) is 78.9 Å².